The fraction of sp³-hybridized carbons (Fsp3) is 0.400. The molecule has 5 heteroatoms. The van der Waals surface area contributed by atoms with E-state index in [0.29, 0.717) is 12.1 Å². The van der Waals surface area contributed by atoms with E-state index in [-0.39, 0.29) is 36.9 Å². The number of hydrogen-bond donors (Lipinski definition) is 0. The topological polar surface area (TPSA) is 63.7 Å². The SMILES string of the molecule is COC(=O)CCN(C)C(=O)CCC(=O)c1ccccc1. The highest BCUT2D eigenvalue weighted by Gasteiger charge is 2.13. The molecule has 0 atom stereocenters. The summed E-state index contributed by atoms with van der Waals surface area (Å²) in [6, 6.07) is 8.87. The molecular formula is C15H19NO4. The van der Waals surface area contributed by atoms with Gasteiger partial charge in [-0.25, -0.2) is 0 Å². The van der Waals surface area contributed by atoms with Crippen LogP contribution in [0.25, 0.3) is 0 Å². The molecule has 0 saturated carbocycles. The van der Waals surface area contributed by atoms with Gasteiger partial charge in [0.2, 0.25) is 5.91 Å². The van der Waals surface area contributed by atoms with Crippen LogP contribution in [-0.4, -0.2) is 43.3 Å². The Balaban J connectivity index is 2.35. The van der Waals surface area contributed by atoms with Gasteiger partial charge in [0.15, 0.2) is 5.78 Å². The third-order valence-electron chi connectivity index (χ3n) is 2.97. The standard InChI is InChI=1S/C15H19NO4/c1-16(11-10-15(19)20-2)14(18)9-8-13(17)12-6-4-3-5-7-12/h3-7H,8-11H2,1-2H3. The number of methoxy groups -OCH3 is 1. The molecule has 20 heavy (non-hydrogen) atoms. The molecule has 1 rings (SSSR count). The maximum atomic E-state index is 11.8. The Hall–Kier alpha value is -2.17. The second kappa shape index (κ2) is 8.09. The maximum absolute atomic E-state index is 11.8. The van der Waals surface area contributed by atoms with Gasteiger partial charge in [0, 0.05) is 32.0 Å². The second-order valence-corrected chi connectivity index (χ2v) is 4.43. The summed E-state index contributed by atoms with van der Waals surface area (Å²) in [6.07, 6.45) is 0.474. The van der Waals surface area contributed by atoms with Crippen LogP contribution in [-0.2, 0) is 14.3 Å². The van der Waals surface area contributed by atoms with Crippen LogP contribution >= 0.6 is 0 Å². The predicted molar refractivity (Wildman–Crippen MR) is 74.3 cm³/mol. The molecule has 0 N–H and O–H groups in total. The summed E-state index contributed by atoms with van der Waals surface area (Å²) in [6.45, 7) is 0.297. The number of hydrogen-bond acceptors (Lipinski definition) is 4. The first kappa shape index (κ1) is 15.9. The molecule has 0 aliphatic carbocycles. The van der Waals surface area contributed by atoms with Crippen LogP contribution in [0.2, 0.25) is 0 Å². The number of esters is 1. The summed E-state index contributed by atoms with van der Waals surface area (Å²) in [5.74, 6) is -0.566. The molecule has 0 saturated heterocycles. The van der Waals surface area contributed by atoms with Crippen LogP contribution in [0, 0.1) is 0 Å². The maximum Gasteiger partial charge on any atom is 0.307 e. The van der Waals surface area contributed by atoms with Gasteiger partial charge in [-0.15, -0.1) is 0 Å². The zero-order valence-electron chi connectivity index (χ0n) is 11.8. The smallest absolute Gasteiger partial charge is 0.307 e. The van der Waals surface area contributed by atoms with Gasteiger partial charge in [-0.2, -0.15) is 0 Å². The van der Waals surface area contributed by atoms with E-state index in [2.05, 4.69) is 4.74 Å². The second-order valence-electron chi connectivity index (χ2n) is 4.43. The van der Waals surface area contributed by atoms with Crippen molar-refractivity contribution in [3.63, 3.8) is 0 Å². The van der Waals surface area contributed by atoms with Gasteiger partial charge in [0.05, 0.1) is 13.5 Å². The third-order valence-corrected chi connectivity index (χ3v) is 2.97. The van der Waals surface area contributed by atoms with Crippen LogP contribution in [0.1, 0.15) is 29.6 Å². The molecule has 0 aliphatic rings. The molecule has 0 spiro atoms. The van der Waals surface area contributed by atoms with E-state index in [1.807, 2.05) is 6.07 Å². The Morgan fingerprint density at radius 3 is 2.30 bits per heavy atom. The average molecular weight is 277 g/mol. The van der Waals surface area contributed by atoms with Crippen LogP contribution in [0.3, 0.4) is 0 Å². The molecular weight excluding hydrogens is 258 g/mol. The zero-order valence-corrected chi connectivity index (χ0v) is 11.8. The van der Waals surface area contributed by atoms with Gasteiger partial charge in [-0.05, 0) is 0 Å². The van der Waals surface area contributed by atoms with Crippen LogP contribution in [0.4, 0.5) is 0 Å². The van der Waals surface area contributed by atoms with Crippen molar-refractivity contribution in [2.45, 2.75) is 19.3 Å². The fourth-order valence-corrected chi connectivity index (χ4v) is 1.67. The number of ether oxygens (including phenoxy) is 1. The Morgan fingerprint density at radius 1 is 1.05 bits per heavy atom. The monoisotopic (exact) mass is 277 g/mol. The molecule has 0 radical (unpaired) electrons. The highest BCUT2D eigenvalue weighted by molar-refractivity contribution is 5.97. The number of Topliss-reactive ketones (excluding diaryl/α,β-unsaturated/α-hetero) is 1. The summed E-state index contributed by atoms with van der Waals surface area (Å²) >= 11 is 0. The molecule has 5 nitrogen and oxygen atoms in total. The molecule has 0 bridgehead atoms. The van der Waals surface area contributed by atoms with Crippen molar-refractivity contribution in [2.24, 2.45) is 0 Å². The number of carbonyl (C=O) groups excluding carboxylic acids is 3. The van der Waals surface area contributed by atoms with Gasteiger partial charge < -0.3 is 9.64 Å². The first-order valence-corrected chi connectivity index (χ1v) is 6.43. The molecule has 0 heterocycles. The number of nitrogens with zero attached hydrogens (tertiary/aromatic N) is 1. The number of carbonyl (C=O) groups is 3. The number of ketones is 1. The lowest BCUT2D eigenvalue weighted by Gasteiger charge is -2.16. The minimum atomic E-state index is -0.356. The zero-order chi connectivity index (χ0) is 15.0. The number of amides is 1. The van der Waals surface area contributed by atoms with E-state index in [4.69, 9.17) is 0 Å². The molecule has 0 unspecified atom stereocenters. The van der Waals surface area contributed by atoms with E-state index in [0.717, 1.165) is 0 Å². The third kappa shape index (κ3) is 5.22. The Morgan fingerprint density at radius 2 is 1.70 bits per heavy atom. The highest BCUT2D eigenvalue weighted by atomic mass is 16.5. The van der Waals surface area contributed by atoms with Crippen LogP contribution < -0.4 is 0 Å². The summed E-state index contributed by atoms with van der Waals surface area (Å²) < 4.78 is 4.51. The average Bonchev–Trinajstić information content (AvgIpc) is 2.50. The molecule has 1 amide bonds. The van der Waals surface area contributed by atoms with E-state index in [1.54, 1.807) is 31.3 Å². The lowest BCUT2D eigenvalue weighted by Crippen LogP contribution is -2.29. The quantitative estimate of drug-likeness (QED) is 0.562. The van der Waals surface area contributed by atoms with Gasteiger partial charge in [-0.1, -0.05) is 30.3 Å². The summed E-state index contributed by atoms with van der Waals surface area (Å²) in [5.41, 5.74) is 0.609. The summed E-state index contributed by atoms with van der Waals surface area (Å²) in [7, 11) is 2.92. The van der Waals surface area contributed by atoms with Gasteiger partial charge in [-0.3, -0.25) is 14.4 Å². The normalized spacial score (nSPS) is 9.90. The molecule has 0 aliphatic heterocycles. The van der Waals surface area contributed by atoms with Crippen molar-refractivity contribution in [1.82, 2.24) is 4.90 Å². The predicted octanol–water partition coefficient (Wildman–Crippen LogP) is 1.67. The van der Waals surface area contributed by atoms with E-state index < -0.39 is 0 Å². The van der Waals surface area contributed by atoms with Crippen molar-refractivity contribution in [1.29, 1.82) is 0 Å². The molecule has 1 aromatic rings. The van der Waals surface area contributed by atoms with Gasteiger partial charge >= 0.3 is 5.97 Å². The van der Waals surface area contributed by atoms with Crippen molar-refractivity contribution in [2.75, 3.05) is 20.7 Å². The lowest BCUT2D eigenvalue weighted by molar-refractivity contribution is -0.141. The lowest BCUT2D eigenvalue weighted by atomic mass is 10.1. The van der Waals surface area contributed by atoms with Crippen molar-refractivity contribution in [3.05, 3.63) is 35.9 Å². The first-order chi connectivity index (χ1) is 9.54. The Kier molecular flexibility index (Phi) is 6.43. The molecule has 1 aromatic carbocycles. The van der Waals surface area contributed by atoms with E-state index >= 15 is 0 Å². The van der Waals surface area contributed by atoms with Crippen molar-refractivity contribution < 1.29 is 19.1 Å². The van der Waals surface area contributed by atoms with Crippen molar-refractivity contribution >= 4 is 17.7 Å². The van der Waals surface area contributed by atoms with Gasteiger partial charge in [0.25, 0.3) is 0 Å². The Labute approximate surface area is 118 Å². The summed E-state index contributed by atoms with van der Waals surface area (Å²) in [4.78, 5) is 36.1. The van der Waals surface area contributed by atoms with Crippen LogP contribution in [0.15, 0.2) is 30.3 Å². The van der Waals surface area contributed by atoms with Gasteiger partial charge in [0.1, 0.15) is 0 Å². The summed E-state index contributed by atoms with van der Waals surface area (Å²) in [5, 5.41) is 0. The van der Waals surface area contributed by atoms with E-state index in [1.165, 1.54) is 12.0 Å². The highest BCUT2D eigenvalue weighted by Crippen LogP contribution is 2.06. The number of rotatable bonds is 7. The van der Waals surface area contributed by atoms with Crippen LogP contribution in [0.5, 0.6) is 0 Å². The largest absolute Gasteiger partial charge is 0.469 e. The molecule has 0 aromatic heterocycles. The van der Waals surface area contributed by atoms with Crippen molar-refractivity contribution in [3.8, 4) is 0 Å². The fourth-order valence-electron chi connectivity index (χ4n) is 1.67. The molecule has 0 fully saturated rings. The van der Waals surface area contributed by atoms with E-state index in [9.17, 15) is 14.4 Å². The Bertz CT molecular complexity index is 470. The minimum Gasteiger partial charge on any atom is -0.469 e. The minimum absolute atomic E-state index is 0.0553. The molecule has 108 valence electrons. The first-order valence-electron chi connectivity index (χ1n) is 6.43. The number of benzene rings is 1.